The van der Waals surface area contributed by atoms with E-state index in [1.54, 1.807) is 0 Å². The number of thioether (sulfide) groups is 1. The molecule has 0 aliphatic rings. The largest absolute Gasteiger partial charge is 0.325 e. The lowest BCUT2D eigenvalue weighted by Gasteiger charge is -2.10. The number of amides is 3. The van der Waals surface area contributed by atoms with Crippen molar-refractivity contribution in [3.8, 4) is 0 Å². The molecule has 0 spiro atoms. The molecule has 0 aliphatic heterocycles. The summed E-state index contributed by atoms with van der Waals surface area (Å²) in [5.41, 5.74) is 4.69. The van der Waals surface area contributed by atoms with Crippen molar-refractivity contribution in [3.05, 3.63) is 53.6 Å². The van der Waals surface area contributed by atoms with Crippen LogP contribution in [0.5, 0.6) is 0 Å². The minimum atomic E-state index is -0.531. The molecule has 0 unspecified atom stereocenters. The molecule has 27 heavy (non-hydrogen) atoms. The van der Waals surface area contributed by atoms with E-state index < -0.39 is 6.03 Å². The van der Waals surface area contributed by atoms with Gasteiger partial charge in [0, 0.05) is 12.2 Å². The van der Waals surface area contributed by atoms with Gasteiger partial charge in [-0.2, -0.15) is 0 Å². The summed E-state index contributed by atoms with van der Waals surface area (Å²) in [5.74, 6) is -0.249. The number of imide groups is 1. The molecule has 3 rings (SSSR count). The minimum absolute atomic E-state index is 0.115. The zero-order chi connectivity index (χ0) is 19.4. The van der Waals surface area contributed by atoms with Crippen LogP contribution in [0.2, 0.25) is 0 Å². The summed E-state index contributed by atoms with van der Waals surface area (Å²) >= 11 is 1.32. The normalized spacial score (nSPS) is 10.8. The number of rotatable bonds is 5. The third-order valence-electron chi connectivity index (χ3n) is 4.15. The Morgan fingerprint density at radius 2 is 1.93 bits per heavy atom. The zero-order valence-electron chi connectivity index (χ0n) is 15.6. The van der Waals surface area contributed by atoms with E-state index in [1.807, 2.05) is 63.2 Å². The summed E-state index contributed by atoms with van der Waals surface area (Å²) in [6.07, 6.45) is 0. The van der Waals surface area contributed by atoms with Gasteiger partial charge >= 0.3 is 6.03 Å². The van der Waals surface area contributed by atoms with Crippen LogP contribution in [0.3, 0.4) is 0 Å². The fourth-order valence-corrected chi connectivity index (χ4v) is 3.75. The van der Waals surface area contributed by atoms with Crippen LogP contribution in [0, 0.1) is 13.8 Å². The first-order chi connectivity index (χ1) is 13.0. The van der Waals surface area contributed by atoms with Crippen LogP contribution >= 0.6 is 11.8 Å². The summed E-state index contributed by atoms with van der Waals surface area (Å²) in [4.78, 5) is 28.8. The van der Waals surface area contributed by atoms with Crippen molar-refractivity contribution in [2.45, 2.75) is 32.5 Å². The second kappa shape index (κ2) is 8.26. The van der Waals surface area contributed by atoms with Crippen molar-refractivity contribution in [1.29, 1.82) is 0 Å². The summed E-state index contributed by atoms with van der Waals surface area (Å²) in [6, 6.07) is 13.0. The molecule has 0 bridgehead atoms. The highest BCUT2D eigenvalue weighted by Gasteiger charge is 2.14. The fourth-order valence-electron chi connectivity index (χ4n) is 2.87. The predicted octanol–water partition coefficient (Wildman–Crippen LogP) is 4.11. The van der Waals surface area contributed by atoms with Gasteiger partial charge in [0.25, 0.3) is 0 Å². The second-order valence-corrected chi connectivity index (χ2v) is 7.18. The predicted molar refractivity (Wildman–Crippen MR) is 109 cm³/mol. The highest BCUT2D eigenvalue weighted by Crippen LogP contribution is 2.23. The Bertz CT molecular complexity index is 997. The van der Waals surface area contributed by atoms with Gasteiger partial charge in [-0.25, -0.2) is 9.78 Å². The van der Waals surface area contributed by atoms with Crippen molar-refractivity contribution in [3.63, 3.8) is 0 Å². The molecule has 2 aromatic carbocycles. The monoisotopic (exact) mass is 382 g/mol. The van der Waals surface area contributed by atoms with Crippen LogP contribution in [0.25, 0.3) is 11.0 Å². The van der Waals surface area contributed by atoms with Crippen LogP contribution in [0.1, 0.15) is 18.1 Å². The fraction of sp³-hybridized carbons (Fsp3) is 0.250. The van der Waals surface area contributed by atoms with Gasteiger partial charge in [0.15, 0.2) is 5.16 Å². The molecule has 0 saturated carbocycles. The molecular weight excluding hydrogens is 360 g/mol. The van der Waals surface area contributed by atoms with Gasteiger partial charge in [-0.05, 0) is 44.5 Å². The van der Waals surface area contributed by atoms with E-state index in [-0.39, 0.29) is 11.7 Å². The van der Waals surface area contributed by atoms with Gasteiger partial charge in [-0.1, -0.05) is 41.6 Å². The number of fused-ring (bicyclic) bond motifs is 1. The first kappa shape index (κ1) is 19.0. The molecule has 2 N–H and O–H groups in total. The van der Waals surface area contributed by atoms with E-state index in [0.29, 0.717) is 5.69 Å². The Morgan fingerprint density at radius 1 is 1.15 bits per heavy atom. The Morgan fingerprint density at radius 3 is 2.67 bits per heavy atom. The molecule has 0 saturated heterocycles. The number of hydrogen-bond acceptors (Lipinski definition) is 4. The quantitative estimate of drug-likeness (QED) is 0.651. The summed E-state index contributed by atoms with van der Waals surface area (Å²) in [5, 5.41) is 5.84. The third-order valence-corrected chi connectivity index (χ3v) is 5.13. The van der Waals surface area contributed by atoms with E-state index in [2.05, 4.69) is 20.2 Å². The molecule has 0 aliphatic carbocycles. The lowest BCUT2D eigenvalue weighted by atomic mass is 10.1. The number of aryl methyl sites for hydroxylation is 3. The van der Waals surface area contributed by atoms with Gasteiger partial charge in [-0.3, -0.25) is 10.1 Å². The molecule has 0 atom stereocenters. The maximum absolute atomic E-state index is 12.1. The van der Waals surface area contributed by atoms with E-state index in [0.717, 1.165) is 33.9 Å². The van der Waals surface area contributed by atoms with Crippen LogP contribution in [-0.4, -0.2) is 27.2 Å². The van der Waals surface area contributed by atoms with Crippen molar-refractivity contribution < 1.29 is 9.59 Å². The number of urea groups is 1. The first-order valence-corrected chi connectivity index (χ1v) is 9.72. The molecule has 1 aromatic heterocycles. The first-order valence-electron chi connectivity index (χ1n) is 8.74. The van der Waals surface area contributed by atoms with E-state index in [1.165, 1.54) is 11.8 Å². The number of hydrogen-bond donors (Lipinski definition) is 2. The summed E-state index contributed by atoms with van der Waals surface area (Å²) < 4.78 is 2.06. The maximum Gasteiger partial charge on any atom is 0.325 e. The van der Waals surface area contributed by atoms with Crippen molar-refractivity contribution in [2.75, 3.05) is 11.1 Å². The Labute approximate surface area is 162 Å². The number of para-hydroxylation sites is 2. The van der Waals surface area contributed by atoms with Gasteiger partial charge in [-0.15, -0.1) is 0 Å². The lowest BCUT2D eigenvalue weighted by molar-refractivity contribution is -0.117. The zero-order valence-corrected chi connectivity index (χ0v) is 16.4. The number of imidazole rings is 1. The molecule has 0 fully saturated rings. The number of anilines is 1. The highest BCUT2D eigenvalue weighted by molar-refractivity contribution is 7.99. The number of carbonyl (C=O) groups is 2. The summed E-state index contributed by atoms with van der Waals surface area (Å²) in [7, 11) is 0. The number of carbonyl (C=O) groups excluding carboxylic acids is 2. The number of nitrogens with zero attached hydrogens (tertiary/aromatic N) is 2. The van der Waals surface area contributed by atoms with Crippen LogP contribution in [0.4, 0.5) is 10.5 Å². The molecule has 0 radical (unpaired) electrons. The minimum Gasteiger partial charge on any atom is -0.319 e. The van der Waals surface area contributed by atoms with E-state index in [4.69, 9.17) is 0 Å². The van der Waals surface area contributed by atoms with Gasteiger partial charge in [0.1, 0.15) is 0 Å². The third kappa shape index (κ3) is 4.49. The number of nitrogens with one attached hydrogen (secondary N) is 2. The molecular formula is C20H22N4O2S. The molecule has 6 nitrogen and oxygen atoms in total. The van der Waals surface area contributed by atoms with Crippen molar-refractivity contribution >= 4 is 40.4 Å². The van der Waals surface area contributed by atoms with Crippen LogP contribution < -0.4 is 10.6 Å². The van der Waals surface area contributed by atoms with E-state index >= 15 is 0 Å². The topological polar surface area (TPSA) is 76.0 Å². The Balaban J connectivity index is 1.59. The van der Waals surface area contributed by atoms with Gasteiger partial charge < -0.3 is 9.88 Å². The molecule has 1 heterocycles. The molecule has 3 amide bonds. The van der Waals surface area contributed by atoms with Gasteiger partial charge in [0.2, 0.25) is 5.91 Å². The van der Waals surface area contributed by atoms with Crippen LogP contribution in [-0.2, 0) is 11.3 Å². The Kier molecular flexibility index (Phi) is 5.81. The molecule has 7 heteroatoms. The average Bonchev–Trinajstić information content (AvgIpc) is 3.00. The average molecular weight is 382 g/mol. The lowest BCUT2D eigenvalue weighted by Crippen LogP contribution is -2.35. The maximum atomic E-state index is 12.1. The summed E-state index contributed by atoms with van der Waals surface area (Å²) in [6.45, 7) is 6.70. The smallest absolute Gasteiger partial charge is 0.319 e. The van der Waals surface area contributed by atoms with Gasteiger partial charge in [0.05, 0.1) is 16.8 Å². The molecule has 3 aromatic rings. The van der Waals surface area contributed by atoms with E-state index in [9.17, 15) is 9.59 Å². The standard InChI is InChI=1S/C20H22N4O2S/c1-4-24-17-8-6-5-7-16(17)22-20(24)27-12-18(25)23-19(26)21-15-10-9-13(2)11-14(15)3/h5-11H,4,12H2,1-3H3,(H2,21,23,25,26). The van der Waals surface area contributed by atoms with Crippen molar-refractivity contribution in [1.82, 2.24) is 14.9 Å². The Hall–Kier alpha value is -2.80. The number of aromatic nitrogens is 2. The number of benzene rings is 2. The van der Waals surface area contributed by atoms with Crippen LogP contribution in [0.15, 0.2) is 47.6 Å². The molecule has 140 valence electrons. The highest BCUT2D eigenvalue weighted by atomic mass is 32.2. The van der Waals surface area contributed by atoms with Crippen molar-refractivity contribution in [2.24, 2.45) is 0 Å². The second-order valence-electron chi connectivity index (χ2n) is 6.24. The SMILES string of the molecule is CCn1c(SCC(=O)NC(=O)Nc2ccc(C)cc2C)nc2ccccc21.